The maximum Gasteiger partial charge on any atom is 0.419 e. The van der Waals surface area contributed by atoms with Crippen molar-refractivity contribution in [2.75, 3.05) is 0 Å². The van der Waals surface area contributed by atoms with Gasteiger partial charge in [-0.2, -0.15) is 18.3 Å². The monoisotopic (exact) mass is 268 g/mol. The Labute approximate surface area is 96.7 Å². The SMILES string of the molecule is FC(F)(F)c1cnn(-c2nnc(CCl)s2)c1. The second kappa shape index (κ2) is 4.02. The third-order valence-electron chi connectivity index (χ3n) is 1.68. The Morgan fingerprint density at radius 2 is 2.12 bits per heavy atom. The van der Waals surface area contributed by atoms with E-state index in [1.807, 2.05) is 0 Å². The standard InChI is InChI=1S/C7H4ClF3N4S/c8-1-5-13-14-6(16-5)15-3-4(2-12-15)7(9,10)11/h2-3H,1H2. The van der Waals surface area contributed by atoms with E-state index in [0.29, 0.717) is 5.01 Å². The molecule has 0 atom stereocenters. The Balaban J connectivity index is 2.31. The Hall–Kier alpha value is -1.15. The van der Waals surface area contributed by atoms with Crippen LogP contribution in [0.3, 0.4) is 0 Å². The van der Waals surface area contributed by atoms with E-state index in [1.54, 1.807) is 0 Å². The first kappa shape index (κ1) is 11.3. The van der Waals surface area contributed by atoms with Gasteiger partial charge in [-0.15, -0.1) is 21.8 Å². The van der Waals surface area contributed by atoms with Gasteiger partial charge in [0.15, 0.2) is 0 Å². The quantitative estimate of drug-likeness (QED) is 0.786. The molecule has 0 spiro atoms. The summed E-state index contributed by atoms with van der Waals surface area (Å²) in [5.74, 6) is 0.172. The van der Waals surface area contributed by atoms with Crippen LogP contribution in [0.15, 0.2) is 12.4 Å². The molecule has 2 heterocycles. The van der Waals surface area contributed by atoms with E-state index in [2.05, 4.69) is 15.3 Å². The van der Waals surface area contributed by atoms with Crippen LogP contribution in [0.1, 0.15) is 10.6 Å². The zero-order valence-electron chi connectivity index (χ0n) is 7.57. The first-order valence-corrected chi connectivity index (χ1v) is 5.36. The fraction of sp³-hybridized carbons (Fsp3) is 0.286. The van der Waals surface area contributed by atoms with Crippen LogP contribution in [0.4, 0.5) is 13.2 Å². The minimum Gasteiger partial charge on any atom is -0.212 e. The summed E-state index contributed by atoms with van der Waals surface area (Å²) in [4.78, 5) is 0. The highest BCUT2D eigenvalue weighted by molar-refractivity contribution is 7.13. The van der Waals surface area contributed by atoms with E-state index in [0.717, 1.165) is 28.4 Å². The molecular formula is C7H4ClF3N4S. The van der Waals surface area contributed by atoms with Crippen molar-refractivity contribution >= 4 is 22.9 Å². The number of nitrogens with zero attached hydrogens (tertiary/aromatic N) is 4. The van der Waals surface area contributed by atoms with Gasteiger partial charge in [0.05, 0.1) is 17.6 Å². The molecule has 0 aliphatic heterocycles. The van der Waals surface area contributed by atoms with Gasteiger partial charge in [-0.25, -0.2) is 4.68 Å². The molecule has 0 radical (unpaired) electrons. The topological polar surface area (TPSA) is 43.6 Å². The molecule has 16 heavy (non-hydrogen) atoms. The van der Waals surface area contributed by atoms with E-state index in [4.69, 9.17) is 11.6 Å². The van der Waals surface area contributed by atoms with Crippen LogP contribution in [0.25, 0.3) is 5.13 Å². The highest BCUT2D eigenvalue weighted by Gasteiger charge is 2.32. The molecule has 0 bridgehead atoms. The average molecular weight is 269 g/mol. The number of hydrogen-bond acceptors (Lipinski definition) is 4. The van der Waals surface area contributed by atoms with Crippen LogP contribution in [0.5, 0.6) is 0 Å². The lowest BCUT2D eigenvalue weighted by molar-refractivity contribution is -0.137. The van der Waals surface area contributed by atoms with Crippen LogP contribution >= 0.6 is 22.9 Å². The molecule has 0 saturated carbocycles. The van der Waals surface area contributed by atoms with Gasteiger partial charge in [-0.1, -0.05) is 11.3 Å². The maximum atomic E-state index is 12.3. The molecule has 9 heteroatoms. The third kappa shape index (κ3) is 2.17. The minimum absolute atomic E-state index is 0.172. The Morgan fingerprint density at radius 3 is 2.62 bits per heavy atom. The van der Waals surface area contributed by atoms with Crippen LogP contribution in [0, 0.1) is 0 Å². The lowest BCUT2D eigenvalue weighted by Crippen LogP contribution is -2.02. The van der Waals surface area contributed by atoms with Gasteiger partial charge in [-0.05, 0) is 0 Å². The smallest absolute Gasteiger partial charge is 0.212 e. The highest BCUT2D eigenvalue weighted by Crippen LogP contribution is 2.29. The average Bonchev–Trinajstić information content (AvgIpc) is 2.85. The molecule has 0 saturated heterocycles. The predicted molar refractivity (Wildman–Crippen MR) is 51.6 cm³/mol. The predicted octanol–water partition coefficient (Wildman–Crippen LogP) is 2.48. The molecule has 0 aliphatic carbocycles. The highest BCUT2D eigenvalue weighted by atomic mass is 35.5. The summed E-state index contributed by atoms with van der Waals surface area (Å²) in [5.41, 5.74) is -0.824. The van der Waals surface area contributed by atoms with Crippen LogP contribution < -0.4 is 0 Å². The second-order valence-corrected chi connectivity index (χ2v) is 4.09. The van der Waals surface area contributed by atoms with Crippen molar-refractivity contribution in [1.82, 2.24) is 20.0 Å². The lowest BCUT2D eigenvalue weighted by atomic mass is 10.4. The fourth-order valence-electron chi connectivity index (χ4n) is 0.965. The molecular weight excluding hydrogens is 265 g/mol. The Bertz CT molecular complexity index is 492. The first-order valence-electron chi connectivity index (χ1n) is 4.01. The van der Waals surface area contributed by atoms with E-state index in [-0.39, 0.29) is 11.0 Å². The zero-order valence-corrected chi connectivity index (χ0v) is 9.14. The van der Waals surface area contributed by atoms with Crippen molar-refractivity contribution in [1.29, 1.82) is 0 Å². The van der Waals surface area contributed by atoms with Crippen molar-refractivity contribution in [3.05, 3.63) is 23.0 Å². The van der Waals surface area contributed by atoms with E-state index < -0.39 is 11.7 Å². The van der Waals surface area contributed by atoms with Crippen molar-refractivity contribution < 1.29 is 13.2 Å². The summed E-state index contributed by atoms with van der Waals surface area (Å²) in [6, 6.07) is 0. The molecule has 2 rings (SSSR count). The molecule has 0 fully saturated rings. The van der Waals surface area contributed by atoms with Crippen LogP contribution in [-0.4, -0.2) is 20.0 Å². The number of hydrogen-bond donors (Lipinski definition) is 0. The summed E-state index contributed by atoms with van der Waals surface area (Å²) in [6.45, 7) is 0. The lowest BCUT2D eigenvalue weighted by Gasteiger charge is -1.99. The van der Waals surface area contributed by atoms with Crippen molar-refractivity contribution in [2.45, 2.75) is 12.1 Å². The molecule has 4 nitrogen and oxygen atoms in total. The second-order valence-electron chi connectivity index (χ2n) is 2.78. The molecule has 0 aliphatic rings. The summed E-state index contributed by atoms with van der Waals surface area (Å²) in [7, 11) is 0. The summed E-state index contributed by atoms with van der Waals surface area (Å²) in [6.07, 6.45) is -2.81. The fourth-order valence-corrected chi connectivity index (χ4v) is 1.80. The molecule has 2 aromatic rings. The van der Waals surface area contributed by atoms with Gasteiger partial charge in [0.2, 0.25) is 5.13 Å². The Morgan fingerprint density at radius 1 is 1.38 bits per heavy atom. The molecule has 2 aromatic heterocycles. The molecule has 0 amide bonds. The third-order valence-corrected chi connectivity index (χ3v) is 3.00. The normalized spacial score (nSPS) is 12.0. The number of alkyl halides is 4. The van der Waals surface area contributed by atoms with E-state index in [1.165, 1.54) is 0 Å². The number of rotatable bonds is 2. The summed E-state index contributed by atoms with van der Waals surface area (Å²) >= 11 is 6.59. The van der Waals surface area contributed by atoms with Gasteiger partial charge >= 0.3 is 6.18 Å². The van der Waals surface area contributed by atoms with Gasteiger partial charge in [0.25, 0.3) is 0 Å². The number of aromatic nitrogens is 4. The minimum atomic E-state index is -4.40. The van der Waals surface area contributed by atoms with Crippen molar-refractivity contribution in [3.8, 4) is 5.13 Å². The van der Waals surface area contributed by atoms with Gasteiger partial charge < -0.3 is 0 Å². The van der Waals surface area contributed by atoms with Crippen LogP contribution in [0.2, 0.25) is 0 Å². The molecule has 86 valence electrons. The van der Waals surface area contributed by atoms with Crippen molar-refractivity contribution in [3.63, 3.8) is 0 Å². The summed E-state index contributed by atoms with van der Waals surface area (Å²) in [5, 5.41) is 11.7. The summed E-state index contributed by atoms with van der Waals surface area (Å²) < 4.78 is 37.9. The molecule has 0 N–H and O–H groups in total. The molecule has 0 unspecified atom stereocenters. The van der Waals surface area contributed by atoms with Crippen molar-refractivity contribution in [2.24, 2.45) is 0 Å². The number of halogens is 4. The Kier molecular flexibility index (Phi) is 2.85. The molecule has 0 aromatic carbocycles. The van der Waals surface area contributed by atoms with E-state index in [9.17, 15) is 13.2 Å². The first-order chi connectivity index (χ1) is 7.50. The zero-order chi connectivity index (χ0) is 11.8. The van der Waals surface area contributed by atoms with E-state index >= 15 is 0 Å². The van der Waals surface area contributed by atoms with Gasteiger partial charge in [0.1, 0.15) is 5.01 Å². The maximum absolute atomic E-state index is 12.3. The van der Waals surface area contributed by atoms with Crippen LogP contribution in [-0.2, 0) is 12.1 Å². The van der Waals surface area contributed by atoms with Gasteiger partial charge in [-0.3, -0.25) is 0 Å². The van der Waals surface area contributed by atoms with Gasteiger partial charge in [0, 0.05) is 6.20 Å². The largest absolute Gasteiger partial charge is 0.419 e.